The van der Waals surface area contributed by atoms with Gasteiger partial charge in [0.25, 0.3) is 11.8 Å². The van der Waals surface area contributed by atoms with E-state index >= 15 is 0 Å². The van der Waals surface area contributed by atoms with Crippen LogP contribution in [0.25, 0.3) is 0 Å². The smallest absolute Gasteiger partial charge is 0.273 e. The third-order valence-electron chi connectivity index (χ3n) is 6.51. The highest BCUT2D eigenvalue weighted by atomic mass is 32.1. The van der Waals surface area contributed by atoms with Gasteiger partial charge in [-0.1, -0.05) is 48.0 Å². The van der Waals surface area contributed by atoms with Crippen molar-refractivity contribution in [2.45, 2.75) is 19.5 Å². The Kier molecular flexibility index (Phi) is 9.28. The lowest BCUT2D eigenvalue weighted by Crippen LogP contribution is -2.44. The number of aromatic nitrogens is 1. The number of methoxy groups -OCH3 is 3. The number of nitrogens with one attached hydrogen (secondary N) is 1. The Morgan fingerprint density at radius 2 is 1.57 bits per heavy atom. The van der Waals surface area contributed by atoms with Crippen LogP contribution in [0, 0.1) is 6.92 Å². The van der Waals surface area contributed by atoms with E-state index in [1.807, 2.05) is 49.4 Å². The van der Waals surface area contributed by atoms with Crippen molar-refractivity contribution < 1.29 is 28.6 Å². The fourth-order valence-corrected chi connectivity index (χ4v) is 5.13. The molecule has 5 N–H and O–H groups in total. The highest BCUT2D eigenvalue weighted by Crippen LogP contribution is 2.42. The van der Waals surface area contributed by atoms with Crippen molar-refractivity contribution in [3.8, 4) is 17.2 Å². The standard InChI is InChI=1S/C30H31N5O6S/c1-17-10-12-20(13-11-17)35(30(38)27-23(31)24(28(32)36)34-42-27)25(29(37)33-16-18-8-6-5-7-9-18)19-14-21(39-2)26(41-4)22(15-19)40-3/h5-15,25H,16,31H2,1-4H3,(H2,32,36)(H,33,37). The van der Waals surface area contributed by atoms with Crippen LogP contribution in [-0.2, 0) is 11.3 Å². The van der Waals surface area contributed by atoms with Crippen molar-refractivity contribution in [3.05, 3.63) is 94.0 Å². The molecule has 1 atom stereocenters. The minimum atomic E-state index is -1.25. The van der Waals surface area contributed by atoms with E-state index in [-0.39, 0.29) is 34.3 Å². The molecule has 11 nitrogen and oxygen atoms in total. The van der Waals surface area contributed by atoms with E-state index in [1.54, 1.807) is 24.3 Å². The van der Waals surface area contributed by atoms with Crippen LogP contribution in [0.4, 0.5) is 11.4 Å². The van der Waals surface area contributed by atoms with Gasteiger partial charge in [-0.15, -0.1) is 0 Å². The zero-order valence-electron chi connectivity index (χ0n) is 23.5. The first-order valence-corrected chi connectivity index (χ1v) is 13.5. The number of nitrogens with zero attached hydrogens (tertiary/aromatic N) is 2. The number of rotatable bonds is 11. The summed E-state index contributed by atoms with van der Waals surface area (Å²) in [7, 11) is 4.38. The van der Waals surface area contributed by atoms with E-state index in [0.717, 1.165) is 22.7 Å². The molecule has 0 fully saturated rings. The molecule has 0 saturated carbocycles. The maximum Gasteiger partial charge on any atom is 0.273 e. The van der Waals surface area contributed by atoms with E-state index in [9.17, 15) is 14.4 Å². The molecule has 4 rings (SSSR count). The molecule has 3 amide bonds. The Hall–Kier alpha value is -5.10. The van der Waals surface area contributed by atoms with Crippen molar-refractivity contribution in [1.29, 1.82) is 0 Å². The fraction of sp³-hybridized carbons (Fsp3) is 0.200. The van der Waals surface area contributed by atoms with Crippen molar-refractivity contribution in [1.82, 2.24) is 9.69 Å². The Labute approximate surface area is 247 Å². The number of hydrogen-bond donors (Lipinski definition) is 3. The van der Waals surface area contributed by atoms with Gasteiger partial charge in [0, 0.05) is 12.2 Å². The number of aryl methyl sites for hydroxylation is 1. The van der Waals surface area contributed by atoms with Crippen molar-refractivity contribution in [2.75, 3.05) is 32.0 Å². The normalized spacial score (nSPS) is 11.3. The Bertz CT molecular complexity index is 1560. The molecule has 3 aromatic carbocycles. The number of benzene rings is 3. The minimum Gasteiger partial charge on any atom is -0.493 e. The van der Waals surface area contributed by atoms with Gasteiger partial charge in [0.2, 0.25) is 11.7 Å². The molecule has 12 heteroatoms. The van der Waals surface area contributed by atoms with Gasteiger partial charge in [0.1, 0.15) is 10.9 Å². The van der Waals surface area contributed by atoms with Gasteiger partial charge in [-0.05, 0) is 53.8 Å². The molecule has 1 unspecified atom stereocenters. The van der Waals surface area contributed by atoms with Crippen molar-refractivity contribution >= 4 is 40.6 Å². The van der Waals surface area contributed by atoms with Crippen LogP contribution in [0.5, 0.6) is 17.2 Å². The highest BCUT2D eigenvalue weighted by molar-refractivity contribution is 7.09. The Morgan fingerprint density at radius 1 is 0.952 bits per heavy atom. The first-order chi connectivity index (χ1) is 20.2. The molecule has 0 aliphatic rings. The van der Waals surface area contributed by atoms with E-state index < -0.39 is 23.8 Å². The largest absolute Gasteiger partial charge is 0.493 e. The summed E-state index contributed by atoms with van der Waals surface area (Å²) >= 11 is 0.727. The highest BCUT2D eigenvalue weighted by Gasteiger charge is 2.37. The summed E-state index contributed by atoms with van der Waals surface area (Å²) in [5.74, 6) is -1.13. The van der Waals surface area contributed by atoms with Crippen LogP contribution in [0.3, 0.4) is 0 Å². The lowest BCUT2D eigenvalue weighted by Gasteiger charge is -2.32. The summed E-state index contributed by atoms with van der Waals surface area (Å²) in [5.41, 5.74) is 13.8. The molecular formula is C30H31N5O6S. The van der Waals surface area contributed by atoms with Crippen LogP contribution in [-0.4, -0.2) is 43.4 Å². The number of nitrogens with two attached hydrogens (primary N) is 2. The number of anilines is 2. The topological polar surface area (TPSA) is 159 Å². The lowest BCUT2D eigenvalue weighted by atomic mass is 10.0. The van der Waals surface area contributed by atoms with Crippen LogP contribution in [0.15, 0.2) is 66.7 Å². The van der Waals surface area contributed by atoms with Gasteiger partial charge in [-0.3, -0.25) is 19.3 Å². The monoisotopic (exact) mass is 589 g/mol. The van der Waals surface area contributed by atoms with E-state index in [1.165, 1.54) is 26.2 Å². The van der Waals surface area contributed by atoms with Crippen LogP contribution >= 0.6 is 11.5 Å². The summed E-state index contributed by atoms with van der Waals surface area (Å²) in [4.78, 5) is 41.6. The number of amides is 3. The first-order valence-electron chi connectivity index (χ1n) is 12.8. The number of carbonyl (C=O) groups excluding carboxylic acids is 3. The number of ether oxygens (including phenoxy) is 3. The quantitative estimate of drug-likeness (QED) is 0.238. The van der Waals surface area contributed by atoms with Crippen molar-refractivity contribution in [2.24, 2.45) is 5.73 Å². The number of primary amides is 1. The SMILES string of the molecule is COc1cc(C(C(=O)NCc2ccccc2)N(C(=O)c2snc(C(N)=O)c2N)c2ccc(C)cc2)cc(OC)c1OC. The third kappa shape index (κ3) is 6.13. The predicted octanol–water partition coefficient (Wildman–Crippen LogP) is 3.86. The maximum atomic E-state index is 14.3. The average molecular weight is 590 g/mol. The summed E-state index contributed by atoms with van der Waals surface area (Å²) < 4.78 is 20.6. The van der Waals surface area contributed by atoms with Gasteiger partial charge in [-0.25, -0.2) is 0 Å². The van der Waals surface area contributed by atoms with Crippen LogP contribution in [0.2, 0.25) is 0 Å². The zero-order valence-corrected chi connectivity index (χ0v) is 24.4. The zero-order chi connectivity index (χ0) is 30.4. The molecule has 0 spiro atoms. The number of carbonyl (C=O) groups is 3. The maximum absolute atomic E-state index is 14.3. The lowest BCUT2D eigenvalue weighted by molar-refractivity contribution is -0.122. The summed E-state index contributed by atoms with van der Waals surface area (Å²) in [5, 5.41) is 2.94. The molecule has 0 bridgehead atoms. The molecule has 0 aliphatic heterocycles. The predicted molar refractivity (Wildman–Crippen MR) is 160 cm³/mol. The fourth-order valence-electron chi connectivity index (χ4n) is 4.39. The molecule has 0 radical (unpaired) electrons. The second-order valence-electron chi connectivity index (χ2n) is 9.21. The van der Waals surface area contributed by atoms with E-state index in [0.29, 0.717) is 17.0 Å². The molecule has 0 aliphatic carbocycles. The Morgan fingerprint density at radius 3 is 2.10 bits per heavy atom. The molecule has 1 heterocycles. The van der Waals surface area contributed by atoms with Crippen molar-refractivity contribution in [3.63, 3.8) is 0 Å². The van der Waals surface area contributed by atoms with Crippen LogP contribution in [0.1, 0.15) is 42.9 Å². The van der Waals surface area contributed by atoms with Gasteiger partial charge in [0.05, 0.1) is 27.0 Å². The summed E-state index contributed by atoms with van der Waals surface area (Å²) in [6.07, 6.45) is 0. The molecule has 42 heavy (non-hydrogen) atoms. The van der Waals surface area contributed by atoms with Crippen LogP contribution < -0.4 is 35.9 Å². The summed E-state index contributed by atoms with van der Waals surface area (Å²) in [6, 6.07) is 18.4. The first kappa shape index (κ1) is 29.9. The molecule has 1 aromatic heterocycles. The van der Waals surface area contributed by atoms with E-state index in [2.05, 4.69) is 9.69 Å². The average Bonchev–Trinajstić information content (AvgIpc) is 3.40. The van der Waals surface area contributed by atoms with Gasteiger partial charge in [-0.2, -0.15) is 4.37 Å². The molecule has 0 saturated heterocycles. The van der Waals surface area contributed by atoms with Gasteiger partial charge < -0.3 is 31.0 Å². The second kappa shape index (κ2) is 13.0. The molecular weight excluding hydrogens is 558 g/mol. The third-order valence-corrected chi connectivity index (χ3v) is 7.36. The van der Waals surface area contributed by atoms with Gasteiger partial charge >= 0.3 is 0 Å². The summed E-state index contributed by atoms with van der Waals surface area (Å²) in [6.45, 7) is 2.10. The second-order valence-corrected chi connectivity index (χ2v) is 9.99. The number of nitrogen functional groups attached to an aromatic ring is 1. The molecule has 4 aromatic rings. The van der Waals surface area contributed by atoms with E-state index in [4.69, 9.17) is 25.7 Å². The van der Waals surface area contributed by atoms with Gasteiger partial charge in [0.15, 0.2) is 17.2 Å². The molecule has 218 valence electrons. The number of hydrogen-bond acceptors (Lipinski definition) is 9. The minimum absolute atomic E-state index is 0.0438. The Balaban J connectivity index is 1.93.